The molecule has 0 saturated heterocycles. The lowest BCUT2D eigenvalue weighted by Crippen LogP contribution is -2.35. The van der Waals surface area contributed by atoms with E-state index in [1.165, 1.54) is 0 Å². The first-order valence-corrected chi connectivity index (χ1v) is 9.35. The van der Waals surface area contributed by atoms with Crippen molar-refractivity contribution < 1.29 is 18.8 Å². The molecule has 14 heavy (non-hydrogen) atoms. The maximum Gasteiger partial charge on any atom is 0.333 e. The maximum absolute atomic E-state index is 11.4. The third kappa shape index (κ3) is 3.48. The van der Waals surface area contributed by atoms with Gasteiger partial charge in [0.2, 0.25) is 0 Å². The van der Waals surface area contributed by atoms with E-state index in [1.54, 1.807) is 13.8 Å². The van der Waals surface area contributed by atoms with Crippen molar-refractivity contribution in [3.05, 3.63) is 0 Å². The highest BCUT2D eigenvalue weighted by Gasteiger charge is 2.43. The molecule has 0 amide bonds. The summed E-state index contributed by atoms with van der Waals surface area (Å²) in [5, 5.41) is -0.968. The lowest BCUT2D eigenvalue weighted by molar-refractivity contribution is 0.221. The van der Waals surface area contributed by atoms with Crippen LogP contribution in [0.2, 0.25) is 13.1 Å². The van der Waals surface area contributed by atoms with E-state index in [0.29, 0.717) is 12.8 Å². The molecule has 0 fully saturated rings. The molecule has 0 saturated carbocycles. The molecule has 0 bridgehead atoms. The standard InChI is InChI=1S/C8H21O4PSi/c1-5-8(6-2,13(9,10)11)7-12-14(3)4/h14H,5-7H2,1-4H3,(H2,9,10,11). The highest BCUT2D eigenvalue weighted by Crippen LogP contribution is 2.54. The Balaban J connectivity index is 4.64. The summed E-state index contributed by atoms with van der Waals surface area (Å²) in [6.07, 6.45) is 0.907. The fourth-order valence-corrected chi connectivity index (χ4v) is 3.13. The van der Waals surface area contributed by atoms with Crippen molar-refractivity contribution >= 4 is 16.6 Å². The van der Waals surface area contributed by atoms with Gasteiger partial charge in [-0.15, -0.1) is 0 Å². The molecule has 0 aromatic heterocycles. The maximum atomic E-state index is 11.4. The second kappa shape index (κ2) is 5.42. The zero-order chi connectivity index (χ0) is 11.4. The van der Waals surface area contributed by atoms with E-state index >= 15 is 0 Å². The van der Waals surface area contributed by atoms with Crippen LogP contribution in [0.1, 0.15) is 26.7 Å². The third-order valence-electron chi connectivity index (χ3n) is 2.62. The Hall–Kier alpha value is 0.327. The Kier molecular flexibility index (Phi) is 5.55. The van der Waals surface area contributed by atoms with Crippen LogP contribution in [0.5, 0.6) is 0 Å². The van der Waals surface area contributed by atoms with E-state index in [-0.39, 0.29) is 6.61 Å². The zero-order valence-electron chi connectivity index (χ0n) is 9.36. The van der Waals surface area contributed by atoms with E-state index in [1.807, 2.05) is 13.1 Å². The topological polar surface area (TPSA) is 66.8 Å². The first-order valence-electron chi connectivity index (χ1n) is 4.96. The largest absolute Gasteiger partial charge is 0.419 e. The Labute approximate surface area is 87.6 Å². The molecule has 0 aliphatic heterocycles. The second-order valence-electron chi connectivity index (χ2n) is 3.84. The van der Waals surface area contributed by atoms with Crippen molar-refractivity contribution in [2.24, 2.45) is 0 Å². The lowest BCUT2D eigenvalue weighted by Gasteiger charge is -2.32. The summed E-state index contributed by atoms with van der Waals surface area (Å²) >= 11 is 0. The Morgan fingerprint density at radius 3 is 1.93 bits per heavy atom. The SMILES string of the molecule is CCC(CC)(CO[SiH](C)C)P(=O)(O)O. The van der Waals surface area contributed by atoms with Crippen LogP contribution in [0.25, 0.3) is 0 Å². The Morgan fingerprint density at radius 1 is 1.29 bits per heavy atom. The summed E-state index contributed by atoms with van der Waals surface area (Å²) in [7, 11) is -5.28. The first kappa shape index (κ1) is 14.3. The summed E-state index contributed by atoms with van der Waals surface area (Å²) in [4.78, 5) is 18.6. The summed E-state index contributed by atoms with van der Waals surface area (Å²) < 4.78 is 16.8. The van der Waals surface area contributed by atoms with Crippen LogP contribution in [0.4, 0.5) is 0 Å². The normalized spacial score (nSPS) is 13.6. The quantitative estimate of drug-likeness (QED) is 0.548. The van der Waals surface area contributed by atoms with E-state index in [2.05, 4.69) is 0 Å². The molecule has 0 spiro atoms. The van der Waals surface area contributed by atoms with Gasteiger partial charge in [0, 0.05) is 0 Å². The molecular formula is C8H21O4PSi. The highest BCUT2D eigenvalue weighted by molar-refractivity contribution is 7.53. The molecule has 0 rings (SSSR count). The van der Waals surface area contributed by atoms with Crippen LogP contribution in [0, 0.1) is 0 Å². The molecule has 0 aromatic carbocycles. The molecule has 0 radical (unpaired) electrons. The van der Waals surface area contributed by atoms with Gasteiger partial charge in [-0.1, -0.05) is 13.8 Å². The molecule has 0 atom stereocenters. The zero-order valence-corrected chi connectivity index (χ0v) is 11.4. The van der Waals surface area contributed by atoms with E-state index in [0.717, 1.165) is 0 Å². The lowest BCUT2D eigenvalue weighted by atomic mass is 10.0. The molecule has 2 N–H and O–H groups in total. The molecule has 86 valence electrons. The fourth-order valence-electron chi connectivity index (χ4n) is 1.27. The van der Waals surface area contributed by atoms with Crippen LogP contribution in [-0.4, -0.2) is 30.6 Å². The van der Waals surface area contributed by atoms with Crippen molar-refractivity contribution in [3.8, 4) is 0 Å². The van der Waals surface area contributed by atoms with Gasteiger partial charge in [-0.25, -0.2) is 0 Å². The van der Waals surface area contributed by atoms with Gasteiger partial charge in [0.05, 0.1) is 11.8 Å². The second-order valence-corrected chi connectivity index (χ2v) is 8.30. The predicted molar refractivity (Wildman–Crippen MR) is 60.2 cm³/mol. The van der Waals surface area contributed by atoms with Crippen LogP contribution >= 0.6 is 7.60 Å². The van der Waals surface area contributed by atoms with Gasteiger partial charge in [0.25, 0.3) is 0 Å². The Bertz CT molecular complexity index is 209. The van der Waals surface area contributed by atoms with Crippen molar-refractivity contribution in [2.45, 2.75) is 44.9 Å². The predicted octanol–water partition coefficient (Wildman–Crippen LogP) is 1.72. The molecule has 4 nitrogen and oxygen atoms in total. The van der Waals surface area contributed by atoms with Crippen LogP contribution in [0.3, 0.4) is 0 Å². The van der Waals surface area contributed by atoms with E-state index < -0.39 is 21.8 Å². The van der Waals surface area contributed by atoms with Gasteiger partial charge in [0.15, 0.2) is 9.04 Å². The first-order chi connectivity index (χ1) is 6.29. The van der Waals surface area contributed by atoms with Crippen molar-refractivity contribution in [3.63, 3.8) is 0 Å². The number of hydrogen-bond donors (Lipinski definition) is 2. The molecule has 0 unspecified atom stereocenters. The van der Waals surface area contributed by atoms with Crippen LogP contribution in [0.15, 0.2) is 0 Å². The average Bonchev–Trinajstić information content (AvgIpc) is 2.04. The molecule has 0 heterocycles. The smallest absolute Gasteiger partial charge is 0.333 e. The molecule has 0 aliphatic rings. The van der Waals surface area contributed by atoms with Gasteiger partial charge in [-0.2, -0.15) is 0 Å². The summed E-state index contributed by atoms with van der Waals surface area (Å²) in [6.45, 7) is 7.78. The summed E-state index contributed by atoms with van der Waals surface area (Å²) in [5.74, 6) is 0. The molecule has 0 aliphatic carbocycles. The fraction of sp³-hybridized carbons (Fsp3) is 1.00. The van der Waals surface area contributed by atoms with Gasteiger partial charge in [-0.3, -0.25) is 4.57 Å². The minimum Gasteiger partial charge on any atom is -0.419 e. The molecule has 0 aromatic rings. The van der Waals surface area contributed by atoms with Gasteiger partial charge >= 0.3 is 7.60 Å². The van der Waals surface area contributed by atoms with Crippen LogP contribution < -0.4 is 0 Å². The van der Waals surface area contributed by atoms with Crippen molar-refractivity contribution in [1.29, 1.82) is 0 Å². The monoisotopic (exact) mass is 240 g/mol. The van der Waals surface area contributed by atoms with E-state index in [9.17, 15) is 14.4 Å². The van der Waals surface area contributed by atoms with Crippen molar-refractivity contribution in [1.82, 2.24) is 0 Å². The highest BCUT2D eigenvalue weighted by atomic mass is 31.2. The molecule has 6 heteroatoms. The van der Waals surface area contributed by atoms with E-state index in [4.69, 9.17) is 4.43 Å². The third-order valence-corrected chi connectivity index (χ3v) is 5.45. The Morgan fingerprint density at radius 2 is 1.71 bits per heavy atom. The minimum absolute atomic E-state index is 0.189. The van der Waals surface area contributed by atoms with Crippen molar-refractivity contribution in [2.75, 3.05) is 6.61 Å². The average molecular weight is 240 g/mol. The number of hydrogen-bond acceptors (Lipinski definition) is 2. The van der Waals surface area contributed by atoms with Gasteiger partial charge in [-0.05, 0) is 25.9 Å². The summed E-state index contributed by atoms with van der Waals surface area (Å²) in [5.41, 5.74) is 0. The van der Waals surface area contributed by atoms with Gasteiger partial charge < -0.3 is 14.2 Å². The molecular weight excluding hydrogens is 219 g/mol. The van der Waals surface area contributed by atoms with Crippen LogP contribution in [-0.2, 0) is 8.99 Å². The summed E-state index contributed by atoms with van der Waals surface area (Å²) in [6, 6.07) is 0. The van der Waals surface area contributed by atoms with Gasteiger partial charge in [0.1, 0.15) is 0 Å². The minimum atomic E-state index is -4.07. The number of rotatable bonds is 6.